The minimum absolute atomic E-state index is 0. The fourth-order valence-electron chi connectivity index (χ4n) is 4.19. The van der Waals surface area contributed by atoms with Crippen LogP contribution in [0.15, 0.2) is 82.3 Å². The smallest absolute Gasteiger partial charge is 1.00 e. The van der Waals surface area contributed by atoms with E-state index in [1.807, 2.05) is 60.7 Å². The minimum atomic E-state index is -1.21. The van der Waals surface area contributed by atoms with Crippen molar-refractivity contribution in [3.05, 3.63) is 78.6 Å². The van der Waals surface area contributed by atoms with Crippen molar-refractivity contribution < 1.29 is 54.9 Å². The van der Waals surface area contributed by atoms with Gasteiger partial charge < -0.3 is 21.2 Å². The van der Waals surface area contributed by atoms with Crippen LogP contribution in [0.2, 0.25) is 0 Å². The molecule has 2 unspecified atom stereocenters. The molecule has 2 fully saturated rings. The average molecular weight is 519 g/mol. The Morgan fingerprint density at radius 1 is 1.14 bits per heavy atom. The Kier molecular flexibility index (Phi) is 8.02. The van der Waals surface area contributed by atoms with Gasteiger partial charge in [-0.25, -0.2) is 0 Å². The number of fused-ring (bicyclic) bond motifs is 1. The second-order valence-corrected chi connectivity index (χ2v) is 10.8. The number of hydrogen-bond acceptors (Lipinski definition) is 6. The number of rotatable bonds is 7. The van der Waals surface area contributed by atoms with Crippen molar-refractivity contribution in [2.75, 3.05) is 12.3 Å². The molecule has 0 bridgehead atoms. The Bertz CT molecular complexity index is 1230. The molecule has 2 N–H and O–H groups in total. The monoisotopic (exact) mass is 518 g/mol. The minimum Gasteiger partial charge on any atom is -1.00 e. The fourth-order valence-corrected chi connectivity index (χ4v) is 7.16. The van der Waals surface area contributed by atoms with Crippen LogP contribution in [0.3, 0.4) is 0 Å². The van der Waals surface area contributed by atoms with E-state index in [-0.39, 0.29) is 61.1 Å². The Labute approximate surface area is 234 Å². The average Bonchev–Trinajstić information content (AvgIpc) is 3.38. The Hall–Kier alpha value is -2.17. The van der Waals surface area contributed by atoms with Gasteiger partial charge in [0.25, 0.3) is 0 Å². The Morgan fingerprint density at radius 2 is 1.89 bits per heavy atom. The zero-order valence-electron chi connectivity index (χ0n) is 20.0. The Morgan fingerprint density at radius 3 is 2.60 bits per heavy atom. The van der Waals surface area contributed by atoms with Gasteiger partial charge in [-0.05, 0) is 23.8 Å². The summed E-state index contributed by atoms with van der Waals surface area (Å²) in [6, 6.07) is 19.8. The molecular weight excluding hydrogens is 495 g/mol. The van der Waals surface area contributed by atoms with Crippen LogP contribution >= 0.6 is 23.5 Å². The number of carbonyl (C=O) groups is 3. The molecule has 2 saturated heterocycles. The topological polar surface area (TPSA) is 99.9 Å². The first-order valence-electron chi connectivity index (χ1n) is 10.8. The van der Waals surface area contributed by atoms with E-state index in [9.17, 15) is 19.5 Å². The largest absolute Gasteiger partial charge is 1.00 e. The number of thioether (sulfide) groups is 2. The van der Waals surface area contributed by atoms with Crippen molar-refractivity contribution in [3.8, 4) is 11.3 Å². The number of amides is 2. The molecule has 3 aromatic rings. The number of benzene rings is 2. The van der Waals surface area contributed by atoms with Crippen molar-refractivity contribution >= 4 is 41.3 Å². The molecule has 0 radical (unpaired) electrons. The molecule has 2 aromatic carbocycles. The van der Waals surface area contributed by atoms with Crippen molar-refractivity contribution in [1.29, 1.82) is 0 Å². The summed E-state index contributed by atoms with van der Waals surface area (Å²) >= 11 is 2.64. The van der Waals surface area contributed by atoms with E-state index >= 15 is 0 Å². The van der Waals surface area contributed by atoms with E-state index in [1.54, 1.807) is 17.2 Å². The number of carboxylic acids is 1. The van der Waals surface area contributed by atoms with Crippen molar-refractivity contribution in [2.24, 2.45) is 0 Å². The van der Waals surface area contributed by atoms with Gasteiger partial charge in [0.1, 0.15) is 21.9 Å². The number of carboxylic acid groups (broad SMARTS) is 1. The molecule has 176 valence electrons. The summed E-state index contributed by atoms with van der Waals surface area (Å²) in [5.41, 5.74) is 1.68. The van der Waals surface area contributed by atoms with E-state index in [0.29, 0.717) is 11.5 Å². The molecule has 0 spiro atoms. The summed E-state index contributed by atoms with van der Waals surface area (Å²) < 4.78 is 4.32. The molecule has 3 atom stereocenters. The maximum atomic E-state index is 12.9. The third kappa shape index (κ3) is 5.20. The second-order valence-electron chi connectivity index (χ2n) is 8.25. The van der Waals surface area contributed by atoms with Crippen molar-refractivity contribution in [3.63, 3.8) is 0 Å². The maximum absolute atomic E-state index is 12.9. The van der Waals surface area contributed by atoms with Crippen LogP contribution < -0.4 is 34.9 Å². The van der Waals surface area contributed by atoms with Gasteiger partial charge in [0, 0.05) is 22.8 Å². The van der Waals surface area contributed by atoms with Crippen LogP contribution in [-0.4, -0.2) is 56.3 Å². The van der Waals surface area contributed by atoms with Crippen LogP contribution in [-0.2, 0) is 20.8 Å². The van der Waals surface area contributed by atoms with Gasteiger partial charge in [-0.3, -0.25) is 14.4 Å². The van der Waals surface area contributed by atoms with Gasteiger partial charge in [0.05, 0.1) is 12.7 Å². The summed E-state index contributed by atoms with van der Waals surface area (Å²) in [5.74, 6) is -0.474. The third-order valence-corrected chi connectivity index (χ3v) is 9.07. The van der Waals surface area contributed by atoms with E-state index in [0.717, 1.165) is 16.0 Å². The summed E-state index contributed by atoms with van der Waals surface area (Å²) in [6.07, 6.45) is 1.77. The number of aliphatic carboxylic acids is 1. The number of nitrogens with one attached hydrogen (secondary N) is 1. The van der Waals surface area contributed by atoms with Crippen LogP contribution in [0.25, 0.3) is 11.3 Å². The third-order valence-electron chi connectivity index (χ3n) is 5.95. The van der Waals surface area contributed by atoms with Gasteiger partial charge in [0.2, 0.25) is 11.8 Å². The molecule has 2 amide bonds. The van der Waals surface area contributed by atoms with E-state index in [2.05, 4.69) is 5.32 Å². The number of β-lactam (4-membered cyclic amide) rings is 1. The molecule has 1 aromatic heterocycles. The molecule has 0 aliphatic carbocycles. The summed E-state index contributed by atoms with van der Waals surface area (Å²) in [6.45, 7) is 0.0705. The van der Waals surface area contributed by atoms with Gasteiger partial charge in [0.15, 0.2) is 0 Å². The quantitative estimate of drug-likeness (QED) is 0.350. The standard InChI is InChI=1S/C25H22N2O5S2.Na.H/c28-20(13-16-7-2-1-3-8-16)26-21-22(29)27-14-25(24(30)31,15-33-23(21)27)34-19-11-5-4-9-17(19)18-10-6-12-32-18;;/h1-12,21,23H,13-15H2,(H,26,28)(H,30,31);;/q;+1;-1/t21?,23-,25?;;/m1../s1. The summed E-state index contributed by atoms with van der Waals surface area (Å²) in [4.78, 5) is 40.1. The van der Waals surface area contributed by atoms with Crippen LogP contribution in [0.4, 0.5) is 0 Å². The van der Waals surface area contributed by atoms with Crippen molar-refractivity contribution in [1.82, 2.24) is 10.2 Å². The van der Waals surface area contributed by atoms with Gasteiger partial charge in [-0.2, -0.15) is 0 Å². The maximum Gasteiger partial charge on any atom is 1.00 e. The SMILES string of the molecule is O=C(Cc1ccccc1)NC1C(=O)N2CC(Sc3ccccc3-c3ccco3)(C(=O)O)CS[C@H]12.[H-].[Na+]. The molecule has 3 heterocycles. The molecule has 0 saturated carbocycles. The number of hydrogen-bond donors (Lipinski definition) is 2. The zero-order valence-corrected chi connectivity index (χ0v) is 22.7. The van der Waals surface area contributed by atoms with E-state index < -0.39 is 16.8 Å². The molecule has 35 heavy (non-hydrogen) atoms. The van der Waals surface area contributed by atoms with E-state index in [4.69, 9.17) is 4.42 Å². The molecular formula is C25H23N2NaO5S2. The fraction of sp³-hybridized carbons (Fsp3) is 0.240. The van der Waals surface area contributed by atoms with Crippen LogP contribution in [0, 0.1) is 0 Å². The number of carbonyl (C=O) groups excluding carboxylic acids is 2. The van der Waals surface area contributed by atoms with Gasteiger partial charge >= 0.3 is 35.5 Å². The van der Waals surface area contributed by atoms with Crippen LogP contribution in [0.1, 0.15) is 6.99 Å². The van der Waals surface area contributed by atoms with Crippen molar-refractivity contribution in [2.45, 2.75) is 27.5 Å². The Balaban J connectivity index is 0.00000180. The molecule has 10 heteroatoms. The molecule has 2 aliphatic heterocycles. The summed E-state index contributed by atoms with van der Waals surface area (Å²) in [7, 11) is 0. The van der Waals surface area contributed by atoms with Crippen LogP contribution in [0.5, 0.6) is 0 Å². The first kappa shape index (κ1) is 25.9. The number of nitrogens with zero attached hydrogens (tertiary/aromatic N) is 1. The first-order valence-corrected chi connectivity index (χ1v) is 12.6. The summed E-state index contributed by atoms with van der Waals surface area (Å²) in [5, 5.41) is 12.8. The second kappa shape index (κ2) is 10.8. The molecule has 7 nitrogen and oxygen atoms in total. The predicted molar refractivity (Wildman–Crippen MR) is 132 cm³/mol. The van der Waals surface area contributed by atoms with Gasteiger partial charge in [-0.1, -0.05) is 48.5 Å². The molecule has 2 aliphatic rings. The van der Waals surface area contributed by atoms with Gasteiger partial charge in [-0.15, -0.1) is 23.5 Å². The molecule has 5 rings (SSSR count). The predicted octanol–water partition coefficient (Wildman–Crippen LogP) is 0.621. The van der Waals surface area contributed by atoms with E-state index in [1.165, 1.54) is 23.5 Å². The normalized spacial score (nSPS) is 23.0. The first-order chi connectivity index (χ1) is 16.5. The number of furan rings is 1. The zero-order chi connectivity index (χ0) is 23.7.